The Balaban J connectivity index is 5.54. The lowest BCUT2D eigenvalue weighted by Gasteiger charge is -2.34. The van der Waals surface area contributed by atoms with Gasteiger partial charge < -0.3 is 0 Å². The number of hydrogen-bond acceptors (Lipinski definition) is 4. The zero-order chi connectivity index (χ0) is 14.8. The minimum atomic E-state index is -0.934. The zero-order valence-corrected chi connectivity index (χ0v) is 12.8. The first-order chi connectivity index (χ1) is 7.83. The van der Waals surface area contributed by atoms with E-state index in [-0.39, 0.29) is 10.8 Å². The maximum absolute atomic E-state index is 9.31. The SMILES string of the molecule is CC(C)(C)C(C)(C#N)/N=N/C(C)(C#N)C(C)(C)C. The lowest BCUT2D eigenvalue weighted by Crippen LogP contribution is -2.40. The van der Waals surface area contributed by atoms with Crippen LogP contribution in [0, 0.1) is 33.5 Å². The van der Waals surface area contributed by atoms with E-state index in [9.17, 15) is 10.5 Å². The Morgan fingerprint density at radius 2 is 0.833 bits per heavy atom. The van der Waals surface area contributed by atoms with Crippen LogP contribution in [0.2, 0.25) is 0 Å². The second-order valence-corrected chi connectivity index (χ2v) is 7.07. The van der Waals surface area contributed by atoms with Crippen molar-refractivity contribution in [3.63, 3.8) is 0 Å². The first kappa shape index (κ1) is 16.6. The predicted molar refractivity (Wildman–Crippen MR) is 71.8 cm³/mol. The Labute approximate surface area is 111 Å². The van der Waals surface area contributed by atoms with Gasteiger partial charge in [-0.15, -0.1) is 0 Å². The molecule has 0 aromatic carbocycles. The Hall–Kier alpha value is -1.42. The Morgan fingerprint density at radius 3 is 0.944 bits per heavy atom. The predicted octanol–water partition coefficient (Wildman–Crippen LogP) is 4.10. The molecule has 0 spiro atoms. The minimum absolute atomic E-state index is 0.334. The van der Waals surface area contributed by atoms with Crippen LogP contribution in [0.1, 0.15) is 55.4 Å². The van der Waals surface area contributed by atoms with E-state index in [0.717, 1.165) is 0 Å². The third-order valence-corrected chi connectivity index (χ3v) is 3.81. The normalized spacial score (nSPS) is 19.7. The van der Waals surface area contributed by atoms with Crippen LogP contribution in [0.25, 0.3) is 0 Å². The molecule has 0 radical (unpaired) electrons. The van der Waals surface area contributed by atoms with Gasteiger partial charge in [0, 0.05) is 10.8 Å². The fourth-order valence-corrected chi connectivity index (χ4v) is 0.880. The highest BCUT2D eigenvalue weighted by atomic mass is 15.2. The quantitative estimate of drug-likeness (QED) is 0.690. The van der Waals surface area contributed by atoms with E-state index in [1.807, 2.05) is 41.5 Å². The third kappa shape index (κ3) is 3.07. The molecule has 0 heterocycles. The van der Waals surface area contributed by atoms with Gasteiger partial charge in [-0.25, -0.2) is 0 Å². The Morgan fingerprint density at radius 1 is 0.611 bits per heavy atom. The van der Waals surface area contributed by atoms with Crippen LogP contribution in [-0.4, -0.2) is 11.1 Å². The van der Waals surface area contributed by atoms with Crippen LogP contribution < -0.4 is 0 Å². The van der Waals surface area contributed by atoms with Crippen molar-refractivity contribution in [3.05, 3.63) is 0 Å². The maximum Gasteiger partial charge on any atom is 0.169 e. The molecule has 0 aliphatic heterocycles. The van der Waals surface area contributed by atoms with Gasteiger partial charge in [0.15, 0.2) is 11.1 Å². The molecule has 2 atom stereocenters. The molecule has 18 heavy (non-hydrogen) atoms. The topological polar surface area (TPSA) is 72.3 Å². The summed E-state index contributed by atoms with van der Waals surface area (Å²) in [6.07, 6.45) is 0. The molecule has 0 saturated heterocycles. The summed E-state index contributed by atoms with van der Waals surface area (Å²) in [7, 11) is 0. The molecule has 4 nitrogen and oxygen atoms in total. The van der Waals surface area contributed by atoms with Crippen LogP contribution in [-0.2, 0) is 0 Å². The average Bonchev–Trinajstić information content (AvgIpc) is 2.22. The molecule has 0 N–H and O–H groups in total. The Bertz CT molecular complexity index is 371. The Kier molecular flexibility index (Phi) is 4.32. The summed E-state index contributed by atoms with van der Waals surface area (Å²) in [5.41, 5.74) is -2.54. The van der Waals surface area contributed by atoms with Crippen molar-refractivity contribution in [2.45, 2.75) is 66.5 Å². The molecular formula is C14H24N4. The largest absolute Gasteiger partial charge is 0.196 e. The van der Waals surface area contributed by atoms with Crippen molar-refractivity contribution >= 4 is 0 Å². The number of rotatable bonds is 2. The minimum Gasteiger partial charge on any atom is -0.196 e. The number of nitriles is 2. The third-order valence-electron chi connectivity index (χ3n) is 3.81. The van der Waals surface area contributed by atoms with Crippen molar-refractivity contribution in [1.82, 2.24) is 0 Å². The standard InChI is InChI=1S/C14H24N4/c1-11(2,3)13(7,9-15)17-18-14(8,10-16)12(4,5)6/h1-8H3/b18-17+. The van der Waals surface area contributed by atoms with Gasteiger partial charge in [-0.1, -0.05) is 41.5 Å². The van der Waals surface area contributed by atoms with Gasteiger partial charge in [0.1, 0.15) is 0 Å². The van der Waals surface area contributed by atoms with Gasteiger partial charge in [0.2, 0.25) is 0 Å². The molecule has 0 fully saturated rings. The molecule has 0 aliphatic rings. The van der Waals surface area contributed by atoms with Crippen molar-refractivity contribution < 1.29 is 0 Å². The van der Waals surface area contributed by atoms with Gasteiger partial charge >= 0.3 is 0 Å². The molecule has 0 bridgehead atoms. The molecule has 0 amide bonds. The monoisotopic (exact) mass is 248 g/mol. The van der Waals surface area contributed by atoms with Crippen molar-refractivity contribution in [1.29, 1.82) is 10.5 Å². The van der Waals surface area contributed by atoms with Crippen LogP contribution in [0.3, 0.4) is 0 Å². The van der Waals surface area contributed by atoms with E-state index in [1.165, 1.54) is 0 Å². The second-order valence-electron chi connectivity index (χ2n) is 7.07. The summed E-state index contributed by atoms with van der Waals surface area (Å²) >= 11 is 0. The van der Waals surface area contributed by atoms with Gasteiger partial charge in [0.05, 0.1) is 12.1 Å². The van der Waals surface area contributed by atoms with E-state index in [1.54, 1.807) is 13.8 Å². The summed E-state index contributed by atoms with van der Waals surface area (Å²) in [6.45, 7) is 15.1. The first-order valence-corrected chi connectivity index (χ1v) is 6.09. The molecule has 2 unspecified atom stereocenters. The molecule has 4 heteroatoms. The average molecular weight is 248 g/mol. The van der Waals surface area contributed by atoms with Crippen molar-refractivity contribution in [3.8, 4) is 12.1 Å². The van der Waals surface area contributed by atoms with Crippen molar-refractivity contribution in [2.75, 3.05) is 0 Å². The fourth-order valence-electron chi connectivity index (χ4n) is 0.880. The van der Waals surface area contributed by atoms with E-state index in [2.05, 4.69) is 22.4 Å². The molecule has 0 saturated carbocycles. The highest BCUT2D eigenvalue weighted by molar-refractivity contribution is 5.14. The molecule has 0 aliphatic carbocycles. The molecular weight excluding hydrogens is 224 g/mol. The summed E-state index contributed by atoms with van der Waals surface area (Å²) in [5.74, 6) is 0. The lowest BCUT2D eigenvalue weighted by molar-refractivity contribution is 0.223. The highest BCUT2D eigenvalue weighted by Crippen LogP contribution is 2.37. The van der Waals surface area contributed by atoms with Gasteiger partial charge in [-0.3, -0.25) is 0 Å². The van der Waals surface area contributed by atoms with Crippen LogP contribution in [0.4, 0.5) is 0 Å². The van der Waals surface area contributed by atoms with E-state index >= 15 is 0 Å². The summed E-state index contributed by atoms with van der Waals surface area (Å²) < 4.78 is 0. The number of azo groups is 1. The number of nitrogens with zero attached hydrogens (tertiary/aromatic N) is 4. The van der Waals surface area contributed by atoms with Gasteiger partial charge in [0.25, 0.3) is 0 Å². The van der Waals surface area contributed by atoms with E-state index in [0.29, 0.717) is 0 Å². The fraction of sp³-hybridized carbons (Fsp3) is 0.857. The molecule has 0 aromatic rings. The zero-order valence-electron chi connectivity index (χ0n) is 12.8. The smallest absolute Gasteiger partial charge is 0.169 e. The summed E-state index contributed by atoms with van der Waals surface area (Å²) in [4.78, 5) is 0. The summed E-state index contributed by atoms with van der Waals surface area (Å²) in [5, 5.41) is 27.0. The van der Waals surface area contributed by atoms with Crippen LogP contribution in [0.5, 0.6) is 0 Å². The molecule has 0 aromatic heterocycles. The van der Waals surface area contributed by atoms with Gasteiger partial charge in [-0.05, 0) is 13.8 Å². The van der Waals surface area contributed by atoms with Crippen LogP contribution >= 0.6 is 0 Å². The number of hydrogen-bond donors (Lipinski definition) is 0. The van der Waals surface area contributed by atoms with Crippen molar-refractivity contribution in [2.24, 2.45) is 21.1 Å². The molecule has 0 rings (SSSR count). The second kappa shape index (κ2) is 4.69. The first-order valence-electron chi connectivity index (χ1n) is 6.09. The maximum atomic E-state index is 9.31. The van der Waals surface area contributed by atoms with E-state index in [4.69, 9.17) is 0 Å². The highest BCUT2D eigenvalue weighted by Gasteiger charge is 2.42. The summed E-state index contributed by atoms with van der Waals surface area (Å²) in [6, 6.07) is 4.39. The lowest BCUT2D eigenvalue weighted by atomic mass is 9.75. The van der Waals surface area contributed by atoms with Gasteiger partial charge in [-0.2, -0.15) is 20.8 Å². The van der Waals surface area contributed by atoms with E-state index < -0.39 is 11.1 Å². The molecule has 100 valence electrons. The van der Waals surface area contributed by atoms with Crippen LogP contribution in [0.15, 0.2) is 10.2 Å².